The number of rotatable bonds is 0. The lowest BCUT2D eigenvalue weighted by molar-refractivity contribution is 0.460. The van der Waals surface area contributed by atoms with E-state index in [1.807, 2.05) is 0 Å². The van der Waals surface area contributed by atoms with Gasteiger partial charge in [-0.3, -0.25) is 0 Å². The minimum atomic E-state index is 0. The Hall–Kier alpha value is -0.0400. The van der Waals surface area contributed by atoms with Crippen molar-refractivity contribution in [2.75, 3.05) is 6.54 Å². The molecule has 1 aliphatic heterocycles. The van der Waals surface area contributed by atoms with Crippen LogP contribution in [0.25, 0.3) is 0 Å². The van der Waals surface area contributed by atoms with Gasteiger partial charge in [0.05, 0.1) is 0 Å². The molecule has 0 spiro atoms. The summed E-state index contributed by atoms with van der Waals surface area (Å²) in [6.45, 7) is 9.97. The quantitative estimate of drug-likeness (QED) is 0.552. The van der Waals surface area contributed by atoms with Gasteiger partial charge in [0, 0.05) is 6.97 Å². The molecule has 0 amide bonds. The summed E-state index contributed by atoms with van der Waals surface area (Å²) in [5.41, 5.74) is 0.444. The SMILES string of the molecule is CC1(C)CCCN1.CCC.[HH]. The first-order chi connectivity index (χ1) is 4.62. The lowest BCUT2D eigenvalue weighted by atomic mass is 10.0. The molecule has 0 unspecified atom stereocenters. The predicted molar refractivity (Wildman–Crippen MR) is 49.4 cm³/mol. The van der Waals surface area contributed by atoms with Gasteiger partial charge in [-0.2, -0.15) is 0 Å². The average molecular weight is 145 g/mol. The molecule has 0 aromatic carbocycles. The van der Waals surface area contributed by atoms with Crippen molar-refractivity contribution >= 4 is 0 Å². The molecule has 0 bridgehead atoms. The monoisotopic (exact) mass is 145 g/mol. The highest BCUT2D eigenvalue weighted by Crippen LogP contribution is 2.15. The standard InChI is InChI=1S/C6H13N.C3H8.H2/c1-6(2)4-3-5-7-6;1-3-2;/h7H,3-5H2,1-2H3;3H2,1-2H3;1H. The smallest absolute Gasteiger partial charge is 0.0125 e. The highest BCUT2D eigenvalue weighted by atomic mass is 15.0. The molecule has 0 aromatic heterocycles. The third kappa shape index (κ3) is 4.80. The summed E-state index contributed by atoms with van der Waals surface area (Å²) in [7, 11) is 0. The zero-order chi connectivity index (χ0) is 8.04. The zero-order valence-electron chi connectivity index (χ0n) is 7.83. The molecule has 1 heterocycles. The molecule has 1 fully saturated rings. The van der Waals surface area contributed by atoms with Crippen LogP contribution < -0.4 is 5.32 Å². The topological polar surface area (TPSA) is 12.0 Å². The van der Waals surface area contributed by atoms with Crippen LogP contribution in [0.4, 0.5) is 0 Å². The van der Waals surface area contributed by atoms with Gasteiger partial charge in [0.2, 0.25) is 0 Å². The van der Waals surface area contributed by atoms with Crippen LogP contribution in [0.5, 0.6) is 0 Å². The molecule has 1 N–H and O–H groups in total. The Bertz CT molecular complexity index is 73.6. The summed E-state index contributed by atoms with van der Waals surface area (Å²) in [6.07, 6.45) is 3.94. The number of nitrogens with one attached hydrogen (secondary N) is 1. The van der Waals surface area contributed by atoms with Gasteiger partial charge in [-0.05, 0) is 33.2 Å². The Kier molecular flexibility index (Phi) is 4.71. The summed E-state index contributed by atoms with van der Waals surface area (Å²) in [5, 5.41) is 3.40. The lowest BCUT2D eigenvalue weighted by Crippen LogP contribution is -2.31. The maximum atomic E-state index is 3.40. The lowest BCUT2D eigenvalue weighted by Gasteiger charge is -2.15. The van der Waals surface area contributed by atoms with Gasteiger partial charge in [0.25, 0.3) is 0 Å². The molecule has 0 atom stereocenters. The molecule has 1 nitrogen and oxygen atoms in total. The highest BCUT2D eigenvalue weighted by Gasteiger charge is 2.20. The second-order valence-electron chi connectivity index (χ2n) is 3.62. The van der Waals surface area contributed by atoms with E-state index in [2.05, 4.69) is 33.0 Å². The van der Waals surface area contributed by atoms with Gasteiger partial charge in [-0.25, -0.2) is 0 Å². The van der Waals surface area contributed by atoms with Crippen LogP contribution in [-0.4, -0.2) is 12.1 Å². The Morgan fingerprint density at radius 2 is 1.90 bits per heavy atom. The summed E-state index contributed by atoms with van der Waals surface area (Å²) < 4.78 is 0. The van der Waals surface area contributed by atoms with Gasteiger partial charge < -0.3 is 5.32 Å². The van der Waals surface area contributed by atoms with Crippen LogP contribution in [0, 0.1) is 0 Å². The van der Waals surface area contributed by atoms with Crippen molar-refractivity contribution in [2.24, 2.45) is 0 Å². The first-order valence-corrected chi connectivity index (χ1v) is 4.37. The van der Waals surface area contributed by atoms with E-state index in [1.165, 1.54) is 25.8 Å². The van der Waals surface area contributed by atoms with Crippen LogP contribution in [0.2, 0.25) is 0 Å². The first-order valence-electron chi connectivity index (χ1n) is 4.37. The van der Waals surface area contributed by atoms with Crippen molar-refractivity contribution < 1.29 is 1.43 Å². The fourth-order valence-corrected chi connectivity index (χ4v) is 1.05. The van der Waals surface area contributed by atoms with Crippen molar-refractivity contribution in [2.45, 2.75) is 52.5 Å². The maximum Gasteiger partial charge on any atom is 0.0125 e. The normalized spacial score (nSPS) is 21.6. The van der Waals surface area contributed by atoms with Gasteiger partial charge in [0.1, 0.15) is 0 Å². The van der Waals surface area contributed by atoms with E-state index >= 15 is 0 Å². The Morgan fingerprint density at radius 3 is 2.00 bits per heavy atom. The second-order valence-corrected chi connectivity index (χ2v) is 3.62. The van der Waals surface area contributed by atoms with E-state index in [1.54, 1.807) is 0 Å². The Balaban J connectivity index is 0. The molecule has 10 heavy (non-hydrogen) atoms. The maximum absolute atomic E-state index is 3.40. The second kappa shape index (κ2) is 4.73. The molecular weight excluding hydrogens is 122 g/mol. The third-order valence-corrected chi connectivity index (χ3v) is 1.58. The van der Waals surface area contributed by atoms with E-state index in [4.69, 9.17) is 0 Å². The molecular formula is C9H23N. The van der Waals surface area contributed by atoms with Crippen molar-refractivity contribution in [3.8, 4) is 0 Å². The number of hydrogen-bond acceptors (Lipinski definition) is 1. The minimum Gasteiger partial charge on any atom is -0.312 e. The molecule has 1 aliphatic rings. The first kappa shape index (κ1) is 9.96. The van der Waals surface area contributed by atoms with Crippen LogP contribution in [0.1, 0.15) is 48.4 Å². The van der Waals surface area contributed by atoms with Crippen LogP contribution >= 0.6 is 0 Å². The molecule has 1 heteroatoms. The Morgan fingerprint density at radius 1 is 1.40 bits per heavy atom. The van der Waals surface area contributed by atoms with Crippen molar-refractivity contribution in [3.05, 3.63) is 0 Å². The summed E-state index contributed by atoms with van der Waals surface area (Å²) in [5.74, 6) is 0. The molecule has 1 saturated heterocycles. The van der Waals surface area contributed by atoms with Gasteiger partial charge in [-0.15, -0.1) is 0 Å². The molecule has 0 aromatic rings. The van der Waals surface area contributed by atoms with Crippen LogP contribution in [-0.2, 0) is 0 Å². The molecule has 0 saturated carbocycles. The van der Waals surface area contributed by atoms with Crippen molar-refractivity contribution in [3.63, 3.8) is 0 Å². The molecule has 0 radical (unpaired) electrons. The van der Waals surface area contributed by atoms with Crippen LogP contribution in [0.3, 0.4) is 0 Å². The van der Waals surface area contributed by atoms with E-state index in [9.17, 15) is 0 Å². The fraction of sp³-hybridized carbons (Fsp3) is 1.00. The highest BCUT2D eigenvalue weighted by molar-refractivity contribution is 4.82. The van der Waals surface area contributed by atoms with E-state index < -0.39 is 0 Å². The molecule has 0 aliphatic carbocycles. The summed E-state index contributed by atoms with van der Waals surface area (Å²) in [6, 6.07) is 0. The van der Waals surface area contributed by atoms with E-state index in [0.717, 1.165) is 0 Å². The van der Waals surface area contributed by atoms with E-state index in [-0.39, 0.29) is 1.43 Å². The third-order valence-electron chi connectivity index (χ3n) is 1.58. The largest absolute Gasteiger partial charge is 0.312 e. The van der Waals surface area contributed by atoms with Gasteiger partial charge >= 0.3 is 0 Å². The van der Waals surface area contributed by atoms with E-state index in [0.29, 0.717) is 5.54 Å². The van der Waals surface area contributed by atoms with Gasteiger partial charge in [-0.1, -0.05) is 20.3 Å². The fourth-order valence-electron chi connectivity index (χ4n) is 1.05. The Labute approximate surface area is 66.7 Å². The summed E-state index contributed by atoms with van der Waals surface area (Å²) in [4.78, 5) is 0. The predicted octanol–water partition coefficient (Wildman–Crippen LogP) is 2.81. The van der Waals surface area contributed by atoms with Crippen LogP contribution in [0.15, 0.2) is 0 Å². The minimum absolute atomic E-state index is 0. The molecule has 1 rings (SSSR count). The zero-order valence-corrected chi connectivity index (χ0v) is 7.83. The molecule has 64 valence electrons. The summed E-state index contributed by atoms with van der Waals surface area (Å²) >= 11 is 0. The van der Waals surface area contributed by atoms with Crippen molar-refractivity contribution in [1.82, 2.24) is 5.32 Å². The number of hydrogen-bond donors (Lipinski definition) is 1. The van der Waals surface area contributed by atoms with Gasteiger partial charge in [0.15, 0.2) is 0 Å². The van der Waals surface area contributed by atoms with Crippen molar-refractivity contribution in [1.29, 1.82) is 0 Å². The average Bonchev–Trinajstić information content (AvgIpc) is 2.16.